The van der Waals surface area contributed by atoms with Gasteiger partial charge in [0.25, 0.3) is 5.91 Å². The standard InChI is InChI=1S/C17H23FN2O5S/c1-2-25-17(22)14-7-10-20(11-8-14)26(23,24)12-9-19-16(21)13-3-5-15(18)6-4-13/h3-6,14H,2,7-12H2,1H3,(H,19,21). The smallest absolute Gasteiger partial charge is 0.309 e. The molecule has 26 heavy (non-hydrogen) atoms. The van der Waals surface area contributed by atoms with Crippen LogP contribution in [-0.4, -0.2) is 56.6 Å². The molecule has 0 aromatic heterocycles. The molecule has 9 heteroatoms. The van der Waals surface area contributed by atoms with Crippen LogP contribution in [0.1, 0.15) is 30.1 Å². The zero-order valence-corrected chi connectivity index (χ0v) is 15.4. The fourth-order valence-corrected chi connectivity index (χ4v) is 4.14. The van der Waals surface area contributed by atoms with Gasteiger partial charge in [-0.25, -0.2) is 17.1 Å². The molecule has 0 atom stereocenters. The highest BCUT2D eigenvalue weighted by Gasteiger charge is 2.31. The number of halogens is 1. The second kappa shape index (κ2) is 9.09. The van der Waals surface area contributed by atoms with Gasteiger partial charge in [0.05, 0.1) is 18.3 Å². The van der Waals surface area contributed by atoms with E-state index in [4.69, 9.17) is 4.74 Å². The Labute approximate surface area is 152 Å². The van der Waals surface area contributed by atoms with Gasteiger partial charge in [0.2, 0.25) is 10.0 Å². The predicted octanol–water partition coefficient (Wildman–Crippen LogP) is 1.16. The molecule has 1 aromatic rings. The van der Waals surface area contributed by atoms with Crippen LogP contribution in [0.4, 0.5) is 4.39 Å². The molecule has 7 nitrogen and oxygen atoms in total. The SMILES string of the molecule is CCOC(=O)C1CCN(S(=O)(=O)CCNC(=O)c2ccc(F)cc2)CC1. The molecule has 1 aromatic carbocycles. The van der Waals surface area contributed by atoms with Gasteiger partial charge < -0.3 is 10.1 Å². The molecule has 1 aliphatic heterocycles. The van der Waals surface area contributed by atoms with Crippen molar-refractivity contribution >= 4 is 21.9 Å². The van der Waals surface area contributed by atoms with E-state index < -0.39 is 21.7 Å². The van der Waals surface area contributed by atoms with Crippen molar-refractivity contribution in [2.45, 2.75) is 19.8 Å². The van der Waals surface area contributed by atoms with Crippen molar-refractivity contribution in [2.75, 3.05) is 32.0 Å². The Balaban J connectivity index is 1.79. The van der Waals surface area contributed by atoms with E-state index in [1.54, 1.807) is 6.92 Å². The molecule has 0 aliphatic carbocycles. The van der Waals surface area contributed by atoms with E-state index in [1.165, 1.54) is 28.6 Å². The van der Waals surface area contributed by atoms with E-state index in [2.05, 4.69) is 5.32 Å². The highest BCUT2D eigenvalue weighted by atomic mass is 32.2. The van der Waals surface area contributed by atoms with Gasteiger partial charge >= 0.3 is 5.97 Å². The van der Waals surface area contributed by atoms with E-state index in [-0.39, 0.29) is 42.8 Å². The fourth-order valence-electron chi connectivity index (χ4n) is 2.76. The van der Waals surface area contributed by atoms with Crippen LogP contribution in [0.3, 0.4) is 0 Å². The van der Waals surface area contributed by atoms with Crippen LogP contribution in [0.2, 0.25) is 0 Å². The number of benzene rings is 1. The lowest BCUT2D eigenvalue weighted by Crippen LogP contribution is -2.43. The van der Waals surface area contributed by atoms with Gasteiger partial charge in [-0.1, -0.05) is 0 Å². The summed E-state index contributed by atoms with van der Waals surface area (Å²) in [5, 5.41) is 2.52. The third-order valence-electron chi connectivity index (χ3n) is 4.22. The first kappa shape index (κ1) is 20.3. The van der Waals surface area contributed by atoms with Gasteiger partial charge in [-0.3, -0.25) is 9.59 Å². The summed E-state index contributed by atoms with van der Waals surface area (Å²) in [5.74, 6) is -1.68. The molecule has 0 unspecified atom stereocenters. The minimum Gasteiger partial charge on any atom is -0.466 e. The molecule has 0 spiro atoms. The monoisotopic (exact) mass is 386 g/mol. The lowest BCUT2D eigenvalue weighted by Gasteiger charge is -2.30. The van der Waals surface area contributed by atoms with Gasteiger partial charge in [0, 0.05) is 25.2 Å². The Morgan fingerprint density at radius 2 is 1.85 bits per heavy atom. The molecule has 144 valence electrons. The average molecular weight is 386 g/mol. The summed E-state index contributed by atoms with van der Waals surface area (Å²) in [6, 6.07) is 5.00. The van der Waals surface area contributed by atoms with Crippen molar-refractivity contribution in [3.63, 3.8) is 0 Å². The number of ether oxygens (including phenoxy) is 1. The third kappa shape index (κ3) is 5.50. The summed E-state index contributed by atoms with van der Waals surface area (Å²) < 4.78 is 43.9. The maximum atomic E-state index is 12.8. The summed E-state index contributed by atoms with van der Waals surface area (Å²) in [5.41, 5.74) is 0.263. The van der Waals surface area contributed by atoms with Gasteiger partial charge in [-0.15, -0.1) is 0 Å². The Kier molecular flexibility index (Phi) is 7.10. The summed E-state index contributed by atoms with van der Waals surface area (Å²) in [6.45, 7) is 2.52. The first-order chi connectivity index (χ1) is 12.3. The third-order valence-corrected chi connectivity index (χ3v) is 6.09. The minimum absolute atomic E-state index is 0.0453. The van der Waals surface area contributed by atoms with E-state index in [0.717, 1.165) is 0 Å². The van der Waals surface area contributed by atoms with Crippen molar-refractivity contribution in [3.8, 4) is 0 Å². The van der Waals surface area contributed by atoms with E-state index in [0.29, 0.717) is 19.4 Å². The van der Waals surface area contributed by atoms with Crippen molar-refractivity contribution in [1.82, 2.24) is 9.62 Å². The number of nitrogens with one attached hydrogen (secondary N) is 1. The second-order valence-corrected chi connectivity index (χ2v) is 8.09. The number of sulfonamides is 1. The molecular weight excluding hydrogens is 363 g/mol. The number of amides is 1. The Morgan fingerprint density at radius 1 is 1.23 bits per heavy atom. The minimum atomic E-state index is -3.52. The zero-order valence-electron chi connectivity index (χ0n) is 14.6. The Bertz CT molecular complexity index is 728. The number of carbonyl (C=O) groups is 2. The second-order valence-electron chi connectivity index (χ2n) is 6.00. The topological polar surface area (TPSA) is 92.8 Å². The summed E-state index contributed by atoms with van der Waals surface area (Å²) in [6.07, 6.45) is 0.861. The van der Waals surface area contributed by atoms with Gasteiger partial charge in [0.1, 0.15) is 5.82 Å². The molecule has 0 saturated carbocycles. The van der Waals surface area contributed by atoms with Crippen LogP contribution >= 0.6 is 0 Å². The maximum Gasteiger partial charge on any atom is 0.309 e. The van der Waals surface area contributed by atoms with Crippen LogP contribution in [0.5, 0.6) is 0 Å². The molecule has 1 amide bonds. The highest BCUT2D eigenvalue weighted by Crippen LogP contribution is 2.21. The normalized spacial score (nSPS) is 16.2. The zero-order chi connectivity index (χ0) is 19.2. The largest absolute Gasteiger partial charge is 0.466 e. The summed E-state index contributed by atoms with van der Waals surface area (Å²) in [4.78, 5) is 23.6. The fraction of sp³-hybridized carbons (Fsp3) is 0.529. The lowest BCUT2D eigenvalue weighted by molar-refractivity contribution is -0.149. The van der Waals surface area contributed by atoms with Crippen LogP contribution in [0, 0.1) is 11.7 Å². The lowest BCUT2D eigenvalue weighted by atomic mass is 9.98. The molecule has 2 rings (SSSR count). The van der Waals surface area contributed by atoms with Gasteiger partial charge in [-0.2, -0.15) is 0 Å². The van der Waals surface area contributed by atoms with Crippen LogP contribution in [0.25, 0.3) is 0 Å². The number of esters is 1. The first-order valence-corrected chi connectivity index (χ1v) is 10.1. The van der Waals surface area contributed by atoms with Crippen LogP contribution in [-0.2, 0) is 19.6 Å². The van der Waals surface area contributed by atoms with E-state index in [1.807, 2.05) is 0 Å². The van der Waals surface area contributed by atoms with Gasteiger partial charge in [-0.05, 0) is 44.0 Å². The van der Waals surface area contributed by atoms with Crippen LogP contribution < -0.4 is 5.32 Å². The Morgan fingerprint density at radius 3 is 2.42 bits per heavy atom. The number of hydrogen-bond donors (Lipinski definition) is 1. The molecule has 1 saturated heterocycles. The number of carbonyl (C=O) groups excluding carboxylic acids is 2. The van der Waals surface area contributed by atoms with Crippen molar-refractivity contribution in [3.05, 3.63) is 35.6 Å². The quantitative estimate of drug-likeness (QED) is 0.710. The molecule has 1 fully saturated rings. The van der Waals surface area contributed by atoms with Crippen molar-refractivity contribution in [1.29, 1.82) is 0 Å². The summed E-state index contributed by atoms with van der Waals surface area (Å²) >= 11 is 0. The average Bonchev–Trinajstić information content (AvgIpc) is 2.62. The number of nitrogens with zero attached hydrogens (tertiary/aromatic N) is 1. The predicted molar refractivity (Wildman–Crippen MR) is 93.5 cm³/mol. The highest BCUT2D eigenvalue weighted by molar-refractivity contribution is 7.89. The Hall–Kier alpha value is -2.00. The number of rotatable bonds is 7. The van der Waals surface area contributed by atoms with Crippen molar-refractivity contribution < 1.29 is 27.1 Å². The molecule has 0 bridgehead atoms. The molecule has 1 aliphatic rings. The maximum absolute atomic E-state index is 12.8. The molecule has 1 N–H and O–H groups in total. The van der Waals surface area contributed by atoms with E-state index in [9.17, 15) is 22.4 Å². The first-order valence-electron chi connectivity index (χ1n) is 8.51. The van der Waals surface area contributed by atoms with Crippen molar-refractivity contribution in [2.24, 2.45) is 5.92 Å². The number of hydrogen-bond acceptors (Lipinski definition) is 5. The molecule has 1 heterocycles. The van der Waals surface area contributed by atoms with E-state index >= 15 is 0 Å². The van der Waals surface area contributed by atoms with Crippen LogP contribution in [0.15, 0.2) is 24.3 Å². The molecular formula is C17H23FN2O5S. The summed E-state index contributed by atoms with van der Waals surface area (Å²) in [7, 11) is -3.52. The molecule has 0 radical (unpaired) electrons. The number of piperidine rings is 1. The van der Waals surface area contributed by atoms with Gasteiger partial charge in [0.15, 0.2) is 0 Å².